The Kier molecular flexibility index (Phi) is 6.35. The average Bonchev–Trinajstić information content (AvgIpc) is 2.54. The van der Waals surface area contributed by atoms with Crippen molar-refractivity contribution in [3.63, 3.8) is 0 Å². The first-order valence-corrected chi connectivity index (χ1v) is 8.42. The van der Waals surface area contributed by atoms with Crippen LogP contribution in [0.5, 0.6) is 0 Å². The Morgan fingerprint density at radius 1 is 1.00 bits per heavy atom. The third-order valence-electron chi connectivity index (χ3n) is 2.87. The summed E-state index contributed by atoms with van der Waals surface area (Å²) in [6.45, 7) is 6.48. The maximum Gasteiger partial charge on any atom is 0.338 e. The van der Waals surface area contributed by atoms with E-state index in [0.29, 0.717) is 23.1 Å². The molecule has 0 saturated carbocycles. The highest BCUT2D eigenvalue weighted by atomic mass is 32.2. The minimum atomic E-state index is -0.325. The van der Waals surface area contributed by atoms with Crippen LogP contribution in [-0.4, -0.2) is 17.8 Å². The van der Waals surface area contributed by atoms with Gasteiger partial charge in [-0.05, 0) is 55.5 Å². The van der Waals surface area contributed by atoms with Crippen LogP contribution in [0.25, 0.3) is 0 Å². The lowest BCUT2D eigenvalue weighted by Crippen LogP contribution is -2.03. The van der Waals surface area contributed by atoms with Crippen LogP contribution in [0.1, 0.15) is 31.1 Å². The van der Waals surface area contributed by atoms with Crippen molar-refractivity contribution in [3.05, 3.63) is 54.1 Å². The Bertz CT molecular complexity index is 664. The number of carbonyl (C=O) groups excluding carboxylic acids is 1. The van der Waals surface area contributed by atoms with Crippen molar-refractivity contribution in [2.24, 2.45) is 10.2 Å². The van der Waals surface area contributed by atoms with Gasteiger partial charge in [0.05, 0.1) is 23.5 Å². The first-order chi connectivity index (χ1) is 11.1. The molecule has 5 heteroatoms. The summed E-state index contributed by atoms with van der Waals surface area (Å²) in [6.07, 6.45) is 0. The van der Waals surface area contributed by atoms with Crippen LogP contribution in [0.15, 0.2) is 63.7 Å². The predicted molar refractivity (Wildman–Crippen MR) is 94.0 cm³/mol. The summed E-state index contributed by atoms with van der Waals surface area (Å²) in [6, 6.07) is 14.9. The highest BCUT2D eigenvalue weighted by Crippen LogP contribution is 2.26. The average molecular weight is 328 g/mol. The third kappa shape index (κ3) is 5.53. The van der Waals surface area contributed by atoms with Gasteiger partial charge in [0.2, 0.25) is 0 Å². The molecule has 0 aliphatic heterocycles. The lowest BCUT2D eigenvalue weighted by molar-refractivity contribution is 0.0526. The normalized spacial score (nSPS) is 11.1. The Balaban J connectivity index is 2.01. The Labute approximate surface area is 141 Å². The van der Waals surface area contributed by atoms with E-state index in [0.717, 1.165) is 5.69 Å². The zero-order chi connectivity index (χ0) is 16.7. The standard InChI is InChI=1S/C18H20N2O2S/c1-4-22-18(21)14-5-7-15(8-6-14)19-20-16-9-11-17(12-10-16)23-13(2)3/h5-13H,4H2,1-3H3. The number of carbonyl (C=O) groups is 1. The molecule has 0 aromatic heterocycles. The molecule has 0 aliphatic rings. The van der Waals surface area contributed by atoms with Crippen LogP contribution in [-0.2, 0) is 4.74 Å². The van der Waals surface area contributed by atoms with Crippen LogP contribution in [0.2, 0.25) is 0 Å². The maximum atomic E-state index is 11.6. The van der Waals surface area contributed by atoms with E-state index in [1.165, 1.54) is 4.90 Å². The molecule has 2 aromatic rings. The minimum absolute atomic E-state index is 0.325. The molecule has 0 N–H and O–H groups in total. The van der Waals surface area contributed by atoms with Gasteiger partial charge in [-0.2, -0.15) is 10.2 Å². The summed E-state index contributed by atoms with van der Waals surface area (Å²) in [5, 5.41) is 8.94. The van der Waals surface area contributed by atoms with Gasteiger partial charge in [0.1, 0.15) is 0 Å². The first-order valence-electron chi connectivity index (χ1n) is 7.54. The van der Waals surface area contributed by atoms with Crippen LogP contribution < -0.4 is 0 Å². The van der Waals surface area contributed by atoms with Gasteiger partial charge < -0.3 is 4.74 Å². The Morgan fingerprint density at radius 3 is 2.00 bits per heavy atom. The molecule has 0 spiro atoms. The number of hydrogen-bond donors (Lipinski definition) is 0. The predicted octanol–water partition coefficient (Wildman–Crippen LogP) is 5.78. The topological polar surface area (TPSA) is 51.0 Å². The fourth-order valence-corrected chi connectivity index (χ4v) is 2.70. The molecule has 0 heterocycles. The summed E-state index contributed by atoms with van der Waals surface area (Å²) >= 11 is 1.81. The van der Waals surface area contributed by atoms with E-state index in [1.54, 1.807) is 31.2 Å². The summed E-state index contributed by atoms with van der Waals surface area (Å²) < 4.78 is 4.94. The monoisotopic (exact) mass is 328 g/mol. The molecule has 2 aromatic carbocycles. The zero-order valence-corrected chi connectivity index (χ0v) is 14.3. The van der Waals surface area contributed by atoms with E-state index >= 15 is 0 Å². The number of hydrogen-bond acceptors (Lipinski definition) is 5. The van der Waals surface area contributed by atoms with Crippen molar-refractivity contribution in [2.75, 3.05) is 6.61 Å². The number of thioether (sulfide) groups is 1. The van der Waals surface area contributed by atoms with E-state index in [9.17, 15) is 4.79 Å². The number of esters is 1. The fraction of sp³-hybridized carbons (Fsp3) is 0.278. The fourth-order valence-electron chi connectivity index (χ4n) is 1.86. The molecule has 2 rings (SSSR count). The summed E-state index contributed by atoms with van der Waals surface area (Å²) in [5.74, 6) is -0.325. The van der Waals surface area contributed by atoms with Gasteiger partial charge in [-0.3, -0.25) is 0 Å². The molecular weight excluding hydrogens is 308 g/mol. The summed E-state index contributed by atoms with van der Waals surface area (Å²) in [4.78, 5) is 12.8. The number of nitrogens with zero attached hydrogens (tertiary/aromatic N) is 2. The van der Waals surface area contributed by atoms with E-state index in [2.05, 4.69) is 24.1 Å². The van der Waals surface area contributed by atoms with Gasteiger partial charge in [0.25, 0.3) is 0 Å². The van der Waals surface area contributed by atoms with Crippen LogP contribution in [0.4, 0.5) is 11.4 Å². The molecule has 0 atom stereocenters. The SMILES string of the molecule is CCOC(=O)c1ccc(N=Nc2ccc(SC(C)C)cc2)cc1. The second-order valence-corrected chi connectivity index (χ2v) is 6.78. The molecule has 120 valence electrons. The molecule has 0 amide bonds. The highest BCUT2D eigenvalue weighted by molar-refractivity contribution is 7.99. The second-order valence-electron chi connectivity index (χ2n) is 5.13. The second kappa shape index (κ2) is 8.48. The molecule has 0 bridgehead atoms. The van der Waals surface area contributed by atoms with Gasteiger partial charge in [-0.25, -0.2) is 4.79 Å². The molecule has 0 fully saturated rings. The van der Waals surface area contributed by atoms with Crippen LogP contribution >= 0.6 is 11.8 Å². The lowest BCUT2D eigenvalue weighted by Gasteiger charge is -2.04. The van der Waals surface area contributed by atoms with Gasteiger partial charge >= 0.3 is 5.97 Å². The van der Waals surface area contributed by atoms with Gasteiger partial charge in [0, 0.05) is 10.1 Å². The van der Waals surface area contributed by atoms with Crippen molar-refractivity contribution in [3.8, 4) is 0 Å². The molecule has 4 nitrogen and oxygen atoms in total. The largest absolute Gasteiger partial charge is 0.462 e. The van der Waals surface area contributed by atoms with Crippen LogP contribution in [0.3, 0.4) is 0 Å². The van der Waals surface area contributed by atoms with Crippen molar-refractivity contribution in [1.82, 2.24) is 0 Å². The molecule has 0 radical (unpaired) electrons. The summed E-state index contributed by atoms with van der Waals surface area (Å²) in [7, 11) is 0. The van der Waals surface area contributed by atoms with E-state index in [-0.39, 0.29) is 5.97 Å². The first kappa shape index (κ1) is 17.2. The summed E-state index contributed by atoms with van der Waals surface area (Å²) in [5.41, 5.74) is 2.01. The number of rotatable bonds is 6. The van der Waals surface area contributed by atoms with E-state index in [1.807, 2.05) is 36.0 Å². The minimum Gasteiger partial charge on any atom is -0.462 e. The van der Waals surface area contributed by atoms with Gasteiger partial charge in [0.15, 0.2) is 0 Å². The molecule has 0 aliphatic carbocycles. The van der Waals surface area contributed by atoms with Crippen molar-refractivity contribution >= 4 is 29.1 Å². The number of ether oxygens (including phenoxy) is 1. The molecule has 23 heavy (non-hydrogen) atoms. The molecule has 0 unspecified atom stereocenters. The van der Waals surface area contributed by atoms with Crippen LogP contribution in [0, 0.1) is 0 Å². The highest BCUT2D eigenvalue weighted by Gasteiger charge is 2.05. The molecular formula is C18H20N2O2S. The van der Waals surface area contributed by atoms with Gasteiger partial charge in [-0.15, -0.1) is 11.8 Å². The third-order valence-corrected chi connectivity index (χ3v) is 3.88. The van der Waals surface area contributed by atoms with Gasteiger partial charge in [-0.1, -0.05) is 13.8 Å². The van der Waals surface area contributed by atoms with E-state index in [4.69, 9.17) is 4.74 Å². The number of azo groups is 1. The Hall–Kier alpha value is -2.14. The quantitative estimate of drug-likeness (QED) is 0.384. The number of benzene rings is 2. The maximum absolute atomic E-state index is 11.6. The van der Waals surface area contributed by atoms with E-state index < -0.39 is 0 Å². The smallest absolute Gasteiger partial charge is 0.338 e. The van der Waals surface area contributed by atoms with Crippen molar-refractivity contribution < 1.29 is 9.53 Å². The Morgan fingerprint density at radius 2 is 1.52 bits per heavy atom. The van der Waals surface area contributed by atoms with Crippen molar-refractivity contribution in [1.29, 1.82) is 0 Å². The van der Waals surface area contributed by atoms with Crippen molar-refractivity contribution in [2.45, 2.75) is 30.9 Å². The zero-order valence-electron chi connectivity index (χ0n) is 13.5. The molecule has 0 saturated heterocycles. The lowest BCUT2D eigenvalue weighted by atomic mass is 10.2.